The first-order chi connectivity index (χ1) is 13.5. The molecule has 0 aromatic heterocycles. The summed E-state index contributed by atoms with van der Waals surface area (Å²) in [5, 5.41) is 3.15. The Morgan fingerprint density at radius 2 is 1.86 bits per heavy atom. The van der Waals surface area contributed by atoms with Gasteiger partial charge in [0.15, 0.2) is 0 Å². The Hall–Kier alpha value is -2.08. The highest BCUT2D eigenvalue weighted by Crippen LogP contribution is 2.45. The van der Waals surface area contributed by atoms with Crippen LogP contribution in [-0.4, -0.2) is 63.7 Å². The highest BCUT2D eigenvalue weighted by Gasteiger charge is 2.51. The number of carbonyl (C=O) groups is 2. The number of nitrogens with one attached hydrogen (secondary N) is 1. The average Bonchev–Trinajstić information content (AvgIpc) is 3.47. The highest BCUT2D eigenvalue weighted by atomic mass is 16.5. The normalized spacial score (nSPS) is 23.6. The van der Waals surface area contributed by atoms with Crippen molar-refractivity contribution in [3.63, 3.8) is 0 Å². The van der Waals surface area contributed by atoms with Crippen molar-refractivity contribution in [2.24, 2.45) is 17.3 Å². The molecule has 1 unspecified atom stereocenters. The Kier molecular flexibility index (Phi) is 5.32. The van der Waals surface area contributed by atoms with Gasteiger partial charge in [0.1, 0.15) is 0 Å². The minimum absolute atomic E-state index is 0.0219. The summed E-state index contributed by atoms with van der Waals surface area (Å²) in [6.07, 6.45) is 4.13. The summed E-state index contributed by atoms with van der Waals surface area (Å²) in [7, 11) is 3.97. The molecule has 2 heterocycles. The predicted molar refractivity (Wildman–Crippen MR) is 108 cm³/mol. The van der Waals surface area contributed by atoms with Crippen molar-refractivity contribution in [2.45, 2.75) is 25.7 Å². The molecule has 28 heavy (non-hydrogen) atoms. The van der Waals surface area contributed by atoms with E-state index in [-0.39, 0.29) is 23.1 Å². The highest BCUT2D eigenvalue weighted by molar-refractivity contribution is 5.95. The summed E-state index contributed by atoms with van der Waals surface area (Å²) >= 11 is 0. The van der Waals surface area contributed by atoms with E-state index in [0.29, 0.717) is 37.8 Å². The van der Waals surface area contributed by atoms with Crippen LogP contribution >= 0.6 is 0 Å². The number of rotatable bonds is 5. The Bertz CT molecular complexity index is 721. The van der Waals surface area contributed by atoms with E-state index in [1.807, 2.05) is 48.2 Å². The van der Waals surface area contributed by atoms with Gasteiger partial charge in [-0.1, -0.05) is 0 Å². The van der Waals surface area contributed by atoms with E-state index >= 15 is 0 Å². The number of carbonyl (C=O) groups excluding carboxylic acids is 2. The number of ether oxygens (including phenoxy) is 1. The van der Waals surface area contributed by atoms with Crippen LogP contribution in [0.4, 0.5) is 5.69 Å². The number of likely N-dealkylation sites (tertiary alicyclic amines) is 1. The van der Waals surface area contributed by atoms with Crippen LogP contribution in [-0.2, 0) is 9.53 Å². The minimum Gasteiger partial charge on any atom is -0.381 e. The third-order valence-electron chi connectivity index (χ3n) is 6.63. The summed E-state index contributed by atoms with van der Waals surface area (Å²) in [6, 6.07) is 7.70. The molecule has 3 fully saturated rings. The Morgan fingerprint density at radius 3 is 2.46 bits per heavy atom. The zero-order valence-electron chi connectivity index (χ0n) is 16.9. The third kappa shape index (κ3) is 3.88. The predicted octanol–water partition coefficient (Wildman–Crippen LogP) is 2.15. The van der Waals surface area contributed by atoms with E-state index in [0.717, 1.165) is 25.1 Å². The lowest BCUT2D eigenvalue weighted by Crippen LogP contribution is -2.44. The van der Waals surface area contributed by atoms with Crippen molar-refractivity contribution in [1.29, 1.82) is 0 Å². The van der Waals surface area contributed by atoms with E-state index in [2.05, 4.69) is 5.32 Å². The van der Waals surface area contributed by atoms with Crippen molar-refractivity contribution >= 4 is 17.5 Å². The number of benzene rings is 1. The van der Waals surface area contributed by atoms with Crippen molar-refractivity contribution in [3.8, 4) is 0 Å². The largest absolute Gasteiger partial charge is 0.381 e. The van der Waals surface area contributed by atoms with E-state index in [1.54, 1.807) is 0 Å². The smallest absolute Gasteiger partial charge is 0.253 e. The Labute approximate surface area is 167 Å². The lowest BCUT2D eigenvalue weighted by atomic mass is 9.71. The average molecular weight is 386 g/mol. The van der Waals surface area contributed by atoms with Crippen molar-refractivity contribution in [3.05, 3.63) is 29.8 Å². The topological polar surface area (TPSA) is 61.9 Å². The van der Waals surface area contributed by atoms with Crippen LogP contribution in [0, 0.1) is 17.3 Å². The summed E-state index contributed by atoms with van der Waals surface area (Å²) in [5.74, 6) is 0.657. The first kappa shape index (κ1) is 19.2. The van der Waals surface area contributed by atoms with E-state index in [9.17, 15) is 9.59 Å². The molecule has 152 valence electrons. The second-order valence-electron chi connectivity index (χ2n) is 8.84. The number of hydrogen-bond acceptors (Lipinski definition) is 4. The summed E-state index contributed by atoms with van der Waals surface area (Å²) < 4.78 is 5.57. The fourth-order valence-electron chi connectivity index (χ4n) is 4.54. The molecule has 1 saturated carbocycles. The molecule has 0 bridgehead atoms. The molecule has 6 nitrogen and oxygen atoms in total. The number of nitrogens with zero attached hydrogens (tertiary/aromatic N) is 2. The lowest BCUT2D eigenvalue weighted by Gasteiger charge is -2.37. The molecule has 2 saturated heterocycles. The van der Waals surface area contributed by atoms with Gasteiger partial charge in [-0.2, -0.15) is 0 Å². The zero-order chi connectivity index (χ0) is 19.7. The van der Waals surface area contributed by atoms with Crippen molar-refractivity contribution in [1.82, 2.24) is 10.2 Å². The molecule has 6 heteroatoms. The molecular formula is C22H31N3O3. The first-order valence-corrected chi connectivity index (χ1v) is 10.4. The lowest BCUT2D eigenvalue weighted by molar-refractivity contribution is -0.129. The standard InChI is InChI=1S/C22H31N3O3/c1-24(2)18-7-5-17(6-8-18)21(27)25-14-19(20(26)23-13-16-3-4-16)22(15-25)9-11-28-12-10-22/h5-8,16,19H,3-4,9-15H2,1-2H3,(H,23,26). The second kappa shape index (κ2) is 7.74. The molecular weight excluding hydrogens is 354 g/mol. The Morgan fingerprint density at radius 1 is 1.18 bits per heavy atom. The number of anilines is 1. The van der Waals surface area contributed by atoms with Gasteiger partial charge in [0.05, 0.1) is 5.92 Å². The van der Waals surface area contributed by atoms with Crippen LogP contribution in [0.3, 0.4) is 0 Å². The molecule has 1 aromatic rings. The maximum absolute atomic E-state index is 13.1. The van der Waals surface area contributed by atoms with E-state index in [4.69, 9.17) is 4.74 Å². The number of hydrogen-bond donors (Lipinski definition) is 1. The molecule has 1 aromatic carbocycles. The Balaban J connectivity index is 1.49. The van der Waals surface area contributed by atoms with Crippen LogP contribution in [0.5, 0.6) is 0 Å². The van der Waals surface area contributed by atoms with E-state index in [1.165, 1.54) is 12.8 Å². The van der Waals surface area contributed by atoms with Crippen molar-refractivity contribution < 1.29 is 14.3 Å². The van der Waals surface area contributed by atoms with Crippen LogP contribution in [0.25, 0.3) is 0 Å². The van der Waals surface area contributed by atoms with E-state index < -0.39 is 0 Å². The fourth-order valence-corrected chi connectivity index (χ4v) is 4.54. The maximum atomic E-state index is 13.1. The minimum atomic E-state index is -0.148. The van der Waals surface area contributed by atoms with Gasteiger partial charge in [-0.05, 0) is 55.9 Å². The van der Waals surface area contributed by atoms with Crippen LogP contribution in [0.2, 0.25) is 0 Å². The van der Waals surface area contributed by atoms with Crippen LogP contribution in [0.1, 0.15) is 36.0 Å². The fraction of sp³-hybridized carbons (Fsp3) is 0.636. The molecule has 1 N–H and O–H groups in total. The van der Waals surface area contributed by atoms with Crippen LogP contribution < -0.4 is 10.2 Å². The van der Waals surface area contributed by atoms with Gasteiger partial charge in [-0.25, -0.2) is 0 Å². The van der Waals surface area contributed by atoms with Gasteiger partial charge >= 0.3 is 0 Å². The summed E-state index contributed by atoms with van der Waals surface area (Å²) in [5.41, 5.74) is 1.61. The second-order valence-corrected chi connectivity index (χ2v) is 8.84. The molecule has 1 spiro atoms. The van der Waals surface area contributed by atoms with Crippen molar-refractivity contribution in [2.75, 3.05) is 51.8 Å². The summed E-state index contributed by atoms with van der Waals surface area (Å²) in [4.78, 5) is 30.0. The number of amides is 2. The van der Waals surface area contributed by atoms with Crippen LogP contribution in [0.15, 0.2) is 24.3 Å². The van der Waals surface area contributed by atoms with Gasteiger partial charge in [-0.3, -0.25) is 9.59 Å². The van der Waals surface area contributed by atoms with Gasteiger partial charge in [0.25, 0.3) is 5.91 Å². The molecule has 3 aliphatic rings. The molecule has 4 rings (SSSR count). The molecule has 2 amide bonds. The monoisotopic (exact) mass is 385 g/mol. The van der Waals surface area contributed by atoms with Gasteiger partial charge in [0.2, 0.25) is 5.91 Å². The van der Waals surface area contributed by atoms with Gasteiger partial charge < -0.3 is 19.9 Å². The third-order valence-corrected chi connectivity index (χ3v) is 6.63. The first-order valence-electron chi connectivity index (χ1n) is 10.4. The summed E-state index contributed by atoms with van der Waals surface area (Å²) in [6.45, 7) is 3.27. The molecule has 1 atom stereocenters. The van der Waals surface area contributed by atoms with Gasteiger partial charge in [-0.15, -0.1) is 0 Å². The quantitative estimate of drug-likeness (QED) is 0.844. The molecule has 2 aliphatic heterocycles. The maximum Gasteiger partial charge on any atom is 0.253 e. The SMILES string of the molecule is CN(C)c1ccc(C(=O)N2CC(C(=O)NCC3CC3)C3(CCOCC3)C2)cc1. The van der Waals surface area contributed by atoms with Gasteiger partial charge in [0, 0.05) is 63.6 Å². The zero-order valence-corrected chi connectivity index (χ0v) is 16.9. The molecule has 1 aliphatic carbocycles. The molecule has 0 radical (unpaired) electrons.